The lowest BCUT2D eigenvalue weighted by atomic mass is 9.96. The summed E-state index contributed by atoms with van der Waals surface area (Å²) >= 11 is 0. The zero-order chi connectivity index (χ0) is 27.9. The fourth-order valence-electron chi connectivity index (χ4n) is 5.05. The molecule has 2 aromatic rings. The largest absolute Gasteiger partial charge is 0.493 e. The van der Waals surface area contributed by atoms with Gasteiger partial charge in [-0.25, -0.2) is 0 Å². The number of benzene rings is 2. The van der Waals surface area contributed by atoms with Crippen LogP contribution in [0.3, 0.4) is 0 Å². The molecule has 0 aromatic heterocycles. The number of carbonyl (C=O) groups is 2. The number of nitrogens with two attached hydrogens (primary N) is 1. The average Bonchev–Trinajstić information content (AvgIpc) is 2.93. The van der Waals surface area contributed by atoms with Gasteiger partial charge in [0.15, 0.2) is 5.78 Å². The number of unbranched alkanes of at least 4 members (excludes halogenated alkanes) is 5. The topological polar surface area (TPSA) is 108 Å². The standard InChI is InChI=1S/C32H45NO6/c1-2-11-27-30(17-15-26-28(34)19-23-39-32(26)27)38-21-8-4-3-6-12-24-13-10-14-29(25(24)16-18-31(35)36)37-22-9-5-7-20-33/h10,13-15,17H,2-9,11-12,16,18-23,33H2,1H3,(H,35,36). The molecule has 214 valence electrons. The molecule has 0 bridgehead atoms. The first-order chi connectivity index (χ1) is 19.0. The molecule has 0 fully saturated rings. The highest BCUT2D eigenvalue weighted by Crippen LogP contribution is 2.36. The Morgan fingerprint density at radius 3 is 2.33 bits per heavy atom. The molecule has 7 heteroatoms. The van der Waals surface area contributed by atoms with Crippen LogP contribution in [0.15, 0.2) is 30.3 Å². The van der Waals surface area contributed by atoms with E-state index in [4.69, 9.17) is 19.9 Å². The third-order valence-electron chi connectivity index (χ3n) is 7.12. The first kappa shape index (κ1) is 30.5. The second-order valence-corrected chi connectivity index (χ2v) is 10.2. The summed E-state index contributed by atoms with van der Waals surface area (Å²) in [5.74, 6) is 1.71. The quantitative estimate of drug-likeness (QED) is 0.201. The van der Waals surface area contributed by atoms with Crippen molar-refractivity contribution in [1.82, 2.24) is 0 Å². The molecule has 0 atom stereocenters. The summed E-state index contributed by atoms with van der Waals surface area (Å²) in [6.07, 6.45) is 10.7. The Kier molecular flexibility index (Phi) is 13.1. The van der Waals surface area contributed by atoms with Crippen LogP contribution in [0.2, 0.25) is 0 Å². The van der Waals surface area contributed by atoms with Gasteiger partial charge < -0.3 is 25.1 Å². The molecule has 0 unspecified atom stereocenters. The molecule has 0 saturated heterocycles. The van der Waals surface area contributed by atoms with Crippen molar-refractivity contribution in [3.63, 3.8) is 0 Å². The number of ketones is 1. The summed E-state index contributed by atoms with van der Waals surface area (Å²) in [4.78, 5) is 23.5. The van der Waals surface area contributed by atoms with Crippen LogP contribution in [0.1, 0.15) is 98.2 Å². The van der Waals surface area contributed by atoms with Crippen LogP contribution in [0.5, 0.6) is 17.2 Å². The Bertz CT molecular complexity index is 1070. The second-order valence-electron chi connectivity index (χ2n) is 10.2. The third-order valence-corrected chi connectivity index (χ3v) is 7.12. The fraction of sp³-hybridized carbons (Fsp3) is 0.562. The van der Waals surface area contributed by atoms with E-state index in [2.05, 4.69) is 13.0 Å². The van der Waals surface area contributed by atoms with Gasteiger partial charge in [0, 0.05) is 18.4 Å². The van der Waals surface area contributed by atoms with E-state index in [0.29, 0.717) is 50.5 Å². The van der Waals surface area contributed by atoms with Crippen molar-refractivity contribution in [2.75, 3.05) is 26.4 Å². The Morgan fingerprint density at radius 2 is 1.62 bits per heavy atom. The number of aryl methyl sites for hydroxylation is 1. The van der Waals surface area contributed by atoms with Crippen molar-refractivity contribution in [3.8, 4) is 17.2 Å². The number of hydrogen-bond donors (Lipinski definition) is 2. The van der Waals surface area contributed by atoms with Crippen molar-refractivity contribution >= 4 is 11.8 Å². The molecular formula is C32H45NO6. The van der Waals surface area contributed by atoms with E-state index in [0.717, 1.165) is 86.8 Å². The predicted octanol–water partition coefficient (Wildman–Crippen LogP) is 6.31. The van der Waals surface area contributed by atoms with Crippen molar-refractivity contribution < 1.29 is 28.9 Å². The zero-order valence-electron chi connectivity index (χ0n) is 23.5. The molecule has 1 aliphatic rings. The Hall–Kier alpha value is -3.06. The van der Waals surface area contributed by atoms with Crippen LogP contribution >= 0.6 is 0 Å². The van der Waals surface area contributed by atoms with Gasteiger partial charge in [0.2, 0.25) is 0 Å². The van der Waals surface area contributed by atoms with Crippen LogP contribution in [-0.4, -0.2) is 43.2 Å². The van der Waals surface area contributed by atoms with Crippen LogP contribution in [0.25, 0.3) is 0 Å². The maximum Gasteiger partial charge on any atom is 0.303 e. The molecule has 39 heavy (non-hydrogen) atoms. The molecule has 0 amide bonds. The van der Waals surface area contributed by atoms with Crippen molar-refractivity contribution in [2.24, 2.45) is 5.73 Å². The van der Waals surface area contributed by atoms with Gasteiger partial charge in [-0.15, -0.1) is 0 Å². The summed E-state index contributed by atoms with van der Waals surface area (Å²) in [6, 6.07) is 9.81. The molecule has 0 radical (unpaired) electrons. The van der Waals surface area contributed by atoms with Crippen LogP contribution < -0.4 is 19.9 Å². The van der Waals surface area contributed by atoms with Crippen LogP contribution in [-0.2, 0) is 24.1 Å². The normalized spacial score (nSPS) is 12.6. The second kappa shape index (κ2) is 16.8. The molecule has 1 heterocycles. The maximum absolute atomic E-state index is 12.2. The lowest BCUT2D eigenvalue weighted by Gasteiger charge is -2.22. The van der Waals surface area contributed by atoms with Crippen molar-refractivity contribution in [3.05, 3.63) is 52.6 Å². The van der Waals surface area contributed by atoms with E-state index in [1.807, 2.05) is 24.3 Å². The summed E-state index contributed by atoms with van der Waals surface area (Å²) < 4.78 is 18.0. The van der Waals surface area contributed by atoms with Gasteiger partial charge in [0.25, 0.3) is 0 Å². The number of ether oxygens (including phenoxy) is 3. The Labute approximate surface area is 233 Å². The highest BCUT2D eigenvalue weighted by atomic mass is 16.5. The smallest absolute Gasteiger partial charge is 0.303 e. The molecule has 3 rings (SSSR count). The summed E-state index contributed by atoms with van der Waals surface area (Å²) in [5, 5.41) is 9.24. The summed E-state index contributed by atoms with van der Waals surface area (Å²) in [7, 11) is 0. The van der Waals surface area contributed by atoms with Crippen LogP contribution in [0, 0.1) is 0 Å². The fourth-order valence-corrected chi connectivity index (χ4v) is 5.05. The number of carbonyl (C=O) groups excluding carboxylic acids is 1. The van der Waals surface area contributed by atoms with Crippen molar-refractivity contribution in [1.29, 1.82) is 0 Å². The first-order valence-corrected chi connectivity index (χ1v) is 14.6. The zero-order valence-corrected chi connectivity index (χ0v) is 23.5. The lowest BCUT2D eigenvalue weighted by Crippen LogP contribution is -2.17. The molecule has 0 saturated carbocycles. The van der Waals surface area contributed by atoms with E-state index < -0.39 is 5.97 Å². The molecule has 3 N–H and O–H groups in total. The summed E-state index contributed by atoms with van der Waals surface area (Å²) in [5.41, 5.74) is 9.47. The van der Waals surface area contributed by atoms with E-state index in [1.165, 1.54) is 5.56 Å². The summed E-state index contributed by atoms with van der Waals surface area (Å²) in [6.45, 7) is 4.49. The predicted molar refractivity (Wildman–Crippen MR) is 153 cm³/mol. The minimum Gasteiger partial charge on any atom is -0.493 e. The highest BCUT2D eigenvalue weighted by Gasteiger charge is 2.23. The van der Waals surface area contributed by atoms with Gasteiger partial charge in [-0.3, -0.25) is 9.59 Å². The molecule has 0 aliphatic carbocycles. The number of fused-ring (bicyclic) bond motifs is 1. The number of aliphatic carboxylic acids is 1. The Morgan fingerprint density at radius 1 is 0.897 bits per heavy atom. The van der Waals surface area contributed by atoms with Gasteiger partial charge in [-0.2, -0.15) is 0 Å². The number of carboxylic acids is 1. The monoisotopic (exact) mass is 539 g/mol. The Balaban J connectivity index is 1.47. The SMILES string of the molecule is CCCc1c(OCCCCCCc2cccc(OCCCCCN)c2CCC(=O)O)ccc2c1OCCC2=O. The molecule has 2 aromatic carbocycles. The minimum atomic E-state index is -0.794. The molecule has 7 nitrogen and oxygen atoms in total. The number of carboxylic acid groups (broad SMARTS) is 1. The third kappa shape index (κ3) is 9.57. The molecular weight excluding hydrogens is 494 g/mol. The van der Waals surface area contributed by atoms with E-state index >= 15 is 0 Å². The maximum atomic E-state index is 12.2. The lowest BCUT2D eigenvalue weighted by molar-refractivity contribution is -0.136. The highest BCUT2D eigenvalue weighted by molar-refractivity contribution is 6.00. The average molecular weight is 540 g/mol. The molecule has 0 spiro atoms. The van der Waals surface area contributed by atoms with E-state index in [1.54, 1.807) is 0 Å². The van der Waals surface area contributed by atoms with Crippen molar-refractivity contribution in [2.45, 2.75) is 90.4 Å². The number of rotatable bonds is 19. The first-order valence-electron chi connectivity index (χ1n) is 14.6. The van der Waals surface area contributed by atoms with Gasteiger partial charge in [0.1, 0.15) is 17.2 Å². The van der Waals surface area contributed by atoms with E-state index in [9.17, 15) is 14.7 Å². The van der Waals surface area contributed by atoms with Gasteiger partial charge >= 0.3 is 5.97 Å². The van der Waals surface area contributed by atoms with Gasteiger partial charge in [0.05, 0.1) is 25.4 Å². The van der Waals surface area contributed by atoms with Gasteiger partial charge in [-0.1, -0.05) is 38.3 Å². The number of hydrogen-bond acceptors (Lipinski definition) is 6. The van der Waals surface area contributed by atoms with E-state index in [-0.39, 0.29) is 12.2 Å². The minimum absolute atomic E-state index is 0.0970. The number of Topliss-reactive ketones (excluding diaryl/α,β-unsaturated/α-hetero) is 1. The van der Waals surface area contributed by atoms with Gasteiger partial charge in [-0.05, 0) is 87.2 Å². The van der Waals surface area contributed by atoms with Crippen LogP contribution in [0.4, 0.5) is 0 Å². The molecule has 1 aliphatic heterocycles.